The van der Waals surface area contributed by atoms with Gasteiger partial charge in [0.05, 0.1) is 11.7 Å². The average Bonchev–Trinajstić information content (AvgIpc) is 2.66. The molecule has 0 bridgehead atoms. The number of hydrogen-bond acceptors (Lipinski definition) is 4. The lowest BCUT2D eigenvalue weighted by atomic mass is 10.2. The molecule has 28 heavy (non-hydrogen) atoms. The minimum atomic E-state index is -1.01. The standard InChI is InChI=1S/C20H21IN2O4S/c1-2-17(20(27)23-14-8-6-13(21)7-9-14)28-16-5-3-4-15(12-16)22-18(24)10-11-19(25)26/h3-9,12,17H,2,10-11H2,1H3,(H,22,24)(H,23,27)(H,25,26). The quantitative estimate of drug-likeness (QED) is 0.337. The largest absolute Gasteiger partial charge is 0.481 e. The van der Waals surface area contributed by atoms with Crippen molar-refractivity contribution in [2.45, 2.75) is 36.3 Å². The molecule has 2 amide bonds. The summed E-state index contributed by atoms with van der Waals surface area (Å²) in [6, 6.07) is 14.8. The lowest BCUT2D eigenvalue weighted by molar-refractivity contribution is -0.138. The van der Waals surface area contributed by atoms with Crippen molar-refractivity contribution in [2.24, 2.45) is 0 Å². The highest BCUT2D eigenvalue weighted by Crippen LogP contribution is 2.28. The number of carbonyl (C=O) groups is 3. The van der Waals surface area contributed by atoms with Crippen LogP contribution in [0.5, 0.6) is 0 Å². The monoisotopic (exact) mass is 512 g/mol. The minimum absolute atomic E-state index is 0.0791. The van der Waals surface area contributed by atoms with Crippen LogP contribution in [0.1, 0.15) is 26.2 Å². The highest BCUT2D eigenvalue weighted by Gasteiger charge is 2.18. The maximum absolute atomic E-state index is 12.6. The van der Waals surface area contributed by atoms with Gasteiger partial charge in [-0.15, -0.1) is 11.8 Å². The maximum Gasteiger partial charge on any atom is 0.303 e. The summed E-state index contributed by atoms with van der Waals surface area (Å²) in [7, 11) is 0. The third-order valence-corrected chi connectivity index (χ3v) is 5.81. The normalized spacial score (nSPS) is 11.5. The molecule has 0 fully saturated rings. The van der Waals surface area contributed by atoms with Crippen LogP contribution >= 0.6 is 34.4 Å². The molecule has 0 spiro atoms. The van der Waals surface area contributed by atoms with Gasteiger partial charge < -0.3 is 15.7 Å². The first kappa shape index (κ1) is 22.2. The number of rotatable bonds is 9. The summed E-state index contributed by atoms with van der Waals surface area (Å²) in [5, 5.41) is 14.0. The van der Waals surface area contributed by atoms with Gasteiger partial charge in [0.15, 0.2) is 0 Å². The van der Waals surface area contributed by atoms with Crippen LogP contribution in [0.4, 0.5) is 11.4 Å². The summed E-state index contributed by atoms with van der Waals surface area (Å²) in [6.45, 7) is 1.95. The maximum atomic E-state index is 12.6. The summed E-state index contributed by atoms with van der Waals surface area (Å²) in [6.07, 6.45) is 0.357. The van der Waals surface area contributed by atoms with E-state index in [4.69, 9.17) is 5.11 Å². The third-order valence-electron chi connectivity index (χ3n) is 3.74. The van der Waals surface area contributed by atoms with Gasteiger partial charge in [0.25, 0.3) is 0 Å². The molecule has 0 saturated carbocycles. The number of thioether (sulfide) groups is 1. The van der Waals surface area contributed by atoms with E-state index in [0.717, 1.165) is 14.2 Å². The first-order valence-corrected chi connectivity index (χ1v) is 10.7. The Labute approximate surface area is 181 Å². The van der Waals surface area contributed by atoms with E-state index in [0.29, 0.717) is 12.1 Å². The van der Waals surface area contributed by atoms with Crippen molar-refractivity contribution in [3.05, 3.63) is 52.1 Å². The molecule has 2 aromatic rings. The lowest BCUT2D eigenvalue weighted by Crippen LogP contribution is -2.24. The Hall–Kier alpha value is -2.07. The summed E-state index contributed by atoms with van der Waals surface area (Å²) in [5.41, 5.74) is 1.33. The molecule has 0 aliphatic heterocycles. The predicted octanol–water partition coefficient (Wildman–Crippen LogP) is 4.60. The van der Waals surface area contributed by atoms with E-state index in [1.165, 1.54) is 11.8 Å². The van der Waals surface area contributed by atoms with E-state index in [9.17, 15) is 14.4 Å². The lowest BCUT2D eigenvalue weighted by Gasteiger charge is -2.15. The second-order valence-corrected chi connectivity index (χ2v) is 8.50. The minimum Gasteiger partial charge on any atom is -0.481 e. The van der Waals surface area contributed by atoms with Crippen LogP contribution in [0.25, 0.3) is 0 Å². The first-order chi connectivity index (χ1) is 13.4. The van der Waals surface area contributed by atoms with Gasteiger partial charge in [-0.3, -0.25) is 14.4 Å². The Morgan fingerprint density at radius 2 is 1.75 bits per heavy atom. The zero-order valence-electron chi connectivity index (χ0n) is 15.3. The molecule has 3 N–H and O–H groups in total. The number of benzene rings is 2. The number of carbonyl (C=O) groups excluding carboxylic acids is 2. The number of nitrogens with one attached hydrogen (secondary N) is 2. The van der Waals surface area contributed by atoms with Crippen LogP contribution in [0.2, 0.25) is 0 Å². The number of amides is 2. The Kier molecular flexibility index (Phi) is 8.78. The molecule has 0 aromatic heterocycles. The van der Waals surface area contributed by atoms with Crippen LogP contribution in [0, 0.1) is 3.57 Å². The molecule has 148 valence electrons. The number of halogens is 1. The zero-order chi connectivity index (χ0) is 20.5. The van der Waals surface area contributed by atoms with E-state index in [2.05, 4.69) is 33.2 Å². The average molecular weight is 512 g/mol. The van der Waals surface area contributed by atoms with Gasteiger partial charge in [0.2, 0.25) is 11.8 Å². The van der Waals surface area contributed by atoms with Crippen molar-refractivity contribution in [3.8, 4) is 0 Å². The van der Waals surface area contributed by atoms with Gasteiger partial charge in [-0.2, -0.15) is 0 Å². The molecule has 0 aliphatic carbocycles. The van der Waals surface area contributed by atoms with Gasteiger partial charge in [-0.25, -0.2) is 0 Å². The van der Waals surface area contributed by atoms with Crippen molar-refractivity contribution in [3.63, 3.8) is 0 Å². The predicted molar refractivity (Wildman–Crippen MR) is 120 cm³/mol. The fourth-order valence-corrected chi connectivity index (χ4v) is 3.71. The van der Waals surface area contributed by atoms with E-state index < -0.39 is 5.97 Å². The summed E-state index contributed by atoms with van der Waals surface area (Å²) < 4.78 is 1.10. The molecule has 0 aliphatic rings. The molecule has 2 aromatic carbocycles. The fraction of sp³-hybridized carbons (Fsp3) is 0.250. The van der Waals surface area contributed by atoms with Crippen LogP contribution in [-0.4, -0.2) is 28.1 Å². The number of hydrogen-bond donors (Lipinski definition) is 3. The van der Waals surface area contributed by atoms with Crippen molar-refractivity contribution in [2.75, 3.05) is 10.6 Å². The molecule has 1 unspecified atom stereocenters. The third kappa shape index (κ3) is 7.51. The van der Waals surface area contributed by atoms with Gasteiger partial charge in [0.1, 0.15) is 0 Å². The Morgan fingerprint density at radius 1 is 1.04 bits per heavy atom. The van der Waals surface area contributed by atoms with Crippen LogP contribution in [0.15, 0.2) is 53.4 Å². The molecule has 0 saturated heterocycles. The second kappa shape index (κ2) is 11.1. The second-order valence-electron chi connectivity index (χ2n) is 5.98. The van der Waals surface area contributed by atoms with Gasteiger partial charge in [0, 0.05) is 26.3 Å². The first-order valence-electron chi connectivity index (χ1n) is 8.72. The summed E-state index contributed by atoms with van der Waals surface area (Å²) in [5.74, 6) is -1.44. The van der Waals surface area contributed by atoms with E-state index in [1.54, 1.807) is 18.2 Å². The van der Waals surface area contributed by atoms with Gasteiger partial charge in [-0.1, -0.05) is 13.0 Å². The topological polar surface area (TPSA) is 95.5 Å². The molecule has 0 heterocycles. The molecule has 6 nitrogen and oxygen atoms in total. The highest BCUT2D eigenvalue weighted by atomic mass is 127. The fourth-order valence-electron chi connectivity index (χ4n) is 2.33. The molecular weight excluding hydrogens is 491 g/mol. The van der Waals surface area contributed by atoms with E-state index >= 15 is 0 Å². The van der Waals surface area contributed by atoms with E-state index in [-0.39, 0.29) is 29.9 Å². The summed E-state index contributed by atoms with van der Waals surface area (Å²) in [4.78, 5) is 35.8. The van der Waals surface area contributed by atoms with Crippen LogP contribution in [0.3, 0.4) is 0 Å². The van der Waals surface area contributed by atoms with Crippen molar-refractivity contribution in [1.82, 2.24) is 0 Å². The smallest absolute Gasteiger partial charge is 0.303 e. The van der Waals surface area contributed by atoms with E-state index in [1.807, 2.05) is 37.3 Å². The van der Waals surface area contributed by atoms with Crippen molar-refractivity contribution < 1.29 is 19.5 Å². The summed E-state index contributed by atoms with van der Waals surface area (Å²) >= 11 is 3.63. The van der Waals surface area contributed by atoms with Crippen LogP contribution in [-0.2, 0) is 14.4 Å². The van der Waals surface area contributed by atoms with Crippen molar-refractivity contribution in [1.29, 1.82) is 0 Å². The highest BCUT2D eigenvalue weighted by molar-refractivity contribution is 14.1. The van der Waals surface area contributed by atoms with Crippen LogP contribution < -0.4 is 10.6 Å². The van der Waals surface area contributed by atoms with Crippen molar-refractivity contribution >= 4 is 63.5 Å². The molecule has 8 heteroatoms. The number of anilines is 2. The number of carboxylic acids is 1. The Balaban J connectivity index is 1.98. The van der Waals surface area contributed by atoms with Gasteiger partial charge in [-0.05, 0) is 71.5 Å². The molecule has 2 rings (SSSR count). The Bertz CT molecular complexity index is 842. The molecule has 0 radical (unpaired) electrons. The Morgan fingerprint density at radius 3 is 2.39 bits per heavy atom. The number of carboxylic acid groups (broad SMARTS) is 1. The SMILES string of the molecule is CCC(Sc1cccc(NC(=O)CCC(=O)O)c1)C(=O)Nc1ccc(I)cc1. The molecular formula is C20H21IN2O4S. The number of aliphatic carboxylic acids is 1. The zero-order valence-corrected chi connectivity index (χ0v) is 18.2. The van der Waals surface area contributed by atoms with Gasteiger partial charge >= 0.3 is 5.97 Å². The molecule has 1 atom stereocenters.